The van der Waals surface area contributed by atoms with Gasteiger partial charge >= 0.3 is 6.03 Å². The summed E-state index contributed by atoms with van der Waals surface area (Å²) in [4.78, 5) is 24.7. The third-order valence-corrected chi connectivity index (χ3v) is 4.78. The first-order chi connectivity index (χ1) is 9.36. The van der Waals surface area contributed by atoms with E-state index >= 15 is 0 Å². The number of hydrogen-bond donors (Lipinski definition) is 2. The summed E-state index contributed by atoms with van der Waals surface area (Å²) in [5.41, 5.74) is 0. The number of amides is 3. The first-order valence-corrected chi connectivity index (χ1v) is 8.48. The van der Waals surface area contributed by atoms with E-state index in [-0.39, 0.29) is 24.5 Å². The second-order valence-electron chi connectivity index (χ2n) is 5.18. The minimum absolute atomic E-state index is 0.0499. The molecule has 0 spiro atoms. The topological polar surface area (TPSA) is 98.8 Å². The van der Waals surface area contributed by atoms with Gasteiger partial charge in [-0.3, -0.25) is 4.79 Å². The fourth-order valence-electron chi connectivity index (χ4n) is 2.44. The van der Waals surface area contributed by atoms with E-state index < -0.39 is 10.0 Å². The smallest absolute Gasteiger partial charge is 0.318 e. The molecular weight excluding hydrogens is 284 g/mol. The lowest BCUT2D eigenvalue weighted by atomic mass is 10.1. The number of rotatable bonds is 2. The van der Waals surface area contributed by atoms with Crippen molar-refractivity contribution in [2.45, 2.75) is 18.9 Å². The van der Waals surface area contributed by atoms with Crippen LogP contribution in [0, 0.1) is 0 Å². The maximum Gasteiger partial charge on any atom is 0.318 e. The van der Waals surface area contributed by atoms with Gasteiger partial charge in [-0.2, -0.15) is 0 Å². The third kappa shape index (κ3) is 3.83. The van der Waals surface area contributed by atoms with Crippen molar-refractivity contribution in [3.8, 4) is 0 Å². The molecule has 0 saturated carbocycles. The normalized spacial score (nSPS) is 25.1. The molecule has 1 unspecified atom stereocenters. The zero-order chi connectivity index (χ0) is 14.8. The summed E-state index contributed by atoms with van der Waals surface area (Å²) < 4.78 is 24.4. The van der Waals surface area contributed by atoms with E-state index in [0.717, 1.165) is 12.8 Å². The van der Waals surface area contributed by atoms with Crippen molar-refractivity contribution in [1.29, 1.82) is 0 Å². The van der Waals surface area contributed by atoms with Crippen molar-refractivity contribution in [2.75, 3.05) is 39.0 Å². The zero-order valence-corrected chi connectivity index (χ0v) is 12.3. The van der Waals surface area contributed by atoms with Crippen molar-refractivity contribution >= 4 is 22.0 Å². The van der Waals surface area contributed by atoms with Gasteiger partial charge in [-0.15, -0.1) is 0 Å². The molecule has 2 rings (SSSR count). The van der Waals surface area contributed by atoms with E-state index in [1.54, 1.807) is 0 Å². The minimum atomic E-state index is -3.22. The second-order valence-corrected chi connectivity index (χ2v) is 7.16. The summed E-state index contributed by atoms with van der Waals surface area (Å²) in [6.07, 6.45) is 2.64. The van der Waals surface area contributed by atoms with E-state index in [9.17, 15) is 18.0 Å². The van der Waals surface area contributed by atoms with Gasteiger partial charge in [0.2, 0.25) is 15.9 Å². The monoisotopic (exact) mass is 304 g/mol. The van der Waals surface area contributed by atoms with Gasteiger partial charge in [0.1, 0.15) is 6.54 Å². The van der Waals surface area contributed by atoms with Gasteiger partial charge in [-0.05, 0) is 12.8 Å². The van der Waals surface area contributed by atoms with E-state index in [4.69, 9.17) is 0 Å². The largest absolute Gasteiger partial charge is 0.353 e. The van der Waals surface area contributed by atoms with E-state index in [0.29, 0.717) is 26.2 Å². The van der Waals surface area contributed by atoms with Gasteiger partial charge in [-0.25, -0.2) is 17.5 Å². The molecule has 0 aromatic heterocycles. The van der Waals surface area contributed by atoms with Crippen LogP contribution in [0.15, 0.2) is 0 Å². The highest BCUT2D eigenvalue weighted by atomic mass is 32.2. The first kappa shape index (κ1) is 15.0. The average Bonchev–Trinajstić information content (AvgIpc) is 2.38. The second kappa shape index (κ2) is 5.96. The molecule has 0 aliphatic carbocycles. The number of carbonyl (C=O) groups is 2. The molecule has 2 aliphatic heterocycles. The number of piperazine rings is 1. The minimum Gasteiger partial charge on any atom is -0.353 e. The average molecular weight is 304 g/mol. The Balaban J connectivity index is 1.89. The fourth-order valence-corrected chi connectivity index (χ4v) is 3.35. The van der Waals surface area contributed by atoms with Crippen LogP contribution < -0.4 is 10.6 Å². The lowest BCUT2D eigenvalue weighted by molar-refractivity contribution is -0.123. The highest BCUT2D eigenvalue weighted by molar-refractivity contribution is 7.88. The Labute approximate surface area is 118 Å². The number of piperidine rings is 1. The Morgan fingerprint density at radius 2 is 2.15 bits per heavy atom. The van der Waals surface area contributed by atoms with Crippen molar-refractivity contribution in [3.63, 3.8) is 0 Å². The third-order valence-electron chi connectivity index (χ3n) is 3.51. The number of carbonyl (C=O) groups excluding carboxylic acids is 2. The zero-order valence-electron chi connectivity index (χ0n) is 11.5. The Kier molecular flexibility index (Phi) is 4.48. The summed E-state index contributed by atoms with van der Waals surface area (Å²) in [5, 5.41) is 5.46. The molecule has 2 heterocycles. The van der Waals surface area contributed by atoms with Crippen molar-refractivity contribution in [2.24, 2.45) is 0 Å². The Bertz CT molecular complexity index is 493. The van der Waals surface area contributed by atoms with Crippen LogP contribution in [0.25, 0.3) is 0 Å². The molecule has 8 nitrogen and oxygen atoms in total. The summed E-state index contributed by atoms with van der Waals surface area (Å²) in [7, 11) is -3.22. The maximum absolute atomic E-state index is 12.0. The van der Waals surface area contributed by atoms with Crippen LogP contribution in [0.2, 0.25) is 0 Å². The van der Waals surface area contributed by atoms with Gasteiger partial charge in [0.05, 0.1) is 6.26 Å². The molecule has 1 atom stereocenters. The number of hydrogen-bond acceptors (Lipinski definition) is 4. The SMILES string of the molecule is CS(=O)(=O)N1CCCC(NC(=O)N2CCNC(=O)C2)C1. The number of urea groups is 1. The number of nitrogens with zero attached hydrogens (tertiary/aromatic N) is 2. The molecule has 0 aromatic carbocycles. The Hall–Kier alpha value is -1.35. The van der Waals surface area contributed by atoms with Crippen LogP contribution in [0.3, 0.4) is 0 Å². The van der Waals surface area contributed by atoms with Crippen LogP contribution in [0.4, 0.5) is 4.79 Å². The molecule has 20 heavy (non-hydrogen) atoms. The molecule has 0 aromatic rings. The predicted octanol–water partition coefficient (Wildman–Crippen LogP) is -1.45. The van der Waals surface area contributed by atoms with Gasteiger partial charge in [0.25, 0.3) is 0 Å². The van der Waals surface area contributed by atoms with Gasteiger partial charge in [-0.1, -0.05) is 0 Å². The van der Waals surface area contributed by atoms with Crippen molar-refractivity contribution in [1.82, 2.24) is 19.8 Å². The van der Waals surface area contributed by atoms with Crippen LogP contribution in [0.1, 0.15) is 12.8 Å². The molecule has 3 amide bonds. The molecular formula is C11H20N4O4S. The van der Waals surface area contributed by atoms with Crippen LogP contribution in [-0.4, -0.2) is 74.6 Å². The van der Waals surface area contributed by atoms with Crippen molar-refractivity contribution < 1.29 is 18.0 Å². The van der Waals surface area contributed by atoms with Gasteiger partial charge in [0.15, 0.2) is 0 Å². The molecule has 9 heteroatoms. The number of nitrogens with one attached hydrogen (secondary N) is 2. The summed E-state index contributed by atoms with van der Waals surface area (Å²) >= 11 is 0. The molecule has 114 valence electrons. The Morgan fingerprint density at radius 3 is 2.80 bits per heavy atom. The first-order valence-electron chi connectivity index (χ1n) is 6.63. The number of sulfonamides is 1. The van der Waals surface area contributed by atoms with Gasteiger partial charge < -0.3 is 15.5 Å². The summed E-state index contributed by atoms with van der Waals surface area (Å²) in [6.45, 7) is 1.77. The van der Waals surface area contributed by atoms with Crippen LogP contribution in [-0.2, 0) is 14.8 Å². The lowest BCUT2D eigenvalue weighted by Gasteiger charge is -2.34. The standard InChI is InChI=1S/C11H20N4O4S/c1-20(18,19)15-5-2-3-9(7-15)13-11(17)14-6-4-12-10(16)8-14/h9H,2-8H2,1H3,(H,12,16)(H,13,17). The molecule has 0 bridgehead atoms. The molecule has 2 fully saturated rings. The van der Waals surface area contributed by atoms with E-state index in [1.807, 2.05) is 0 Å². The quantitative estimate of drug-likeness (QED) is 0.652. The molecule has 2 N–H and O–H groups in total. The molecule has 0 radical (unpaired) electrons. The maximum atomic E-state index is 12.0. The highest BCUT2D eigenvalue weighted by Gasteiger charge is 2.29. The molecule has 2 aliphatic rings. The van der Waals surface area contributed by atoms with Gasteiger partial charge in [0, 0.05) is 32.2 Å². The predicted molar refractivity (Wildman–Crippen MR) is 72.6 cm³/mol. The van der Waals surface area contributed by atoms with Crippen LogP contribution in [0.5, 0.6) is 0 Å². The highest BCUT2D eigenvalue weighted by Crippen LogP contribution is 2.13. The summed E-state index contributed by atoms with van der Waals surface area (Å²) in [5.74, 6) is -0.173. The molecule has 2 saturated heterocycles. The van der Waals surface area contributed by atoms with Crippen LogP contribution >= 0.6 is 0 Å². The van der Waals surface area contributed by atoms with E-state index in [1.165, 1.54) is 15.5 Å². The summed E-state index contributed by atoms with van der Waals surface area (Å²) in [6, 6.07) is -0.504. The van der Waals surface area contributed by atoms with Crippen molar-refractivity contribution in [3.05, 3.63) is 0 Å². The lowest BCUT2D eigenvalue weighted by Crippen LogP contribution is -2.57. The fraction of sp³-hybridized carbons (Fsp3) is 0.818. The Morgan fingerprint density at radius 1 is 1.40 bits per heavy atom. The van der Waals surface area contributed by atoms with E-state index in [2.05, 4.69) is 10.6 Å².